The van der Waals surface area contributed by atoms with Crippen molar-refractivity contribution in [2.75, 3.05) is 19.8 Å². The largest absolute Gasteiger partial charge is 0.394 e. The smallest absolute Gasteiger partial charge is 0.221 e. The highest BCUT2D eigenvalue weighted by Crippen LogP contribution is 2.32. The van der Waals surface area contributed by atoms with Crippen molar-refractivity contribution in [2.24, 2.45) is 0 Å². The third-order valence-corrected chi connectivity index (χ3v) is 4.44. The van der Waals surface area contributed by atoms with Crippen LogP contribution >= 0.6 is 0 Å². The molecule has 25 heavy (non-hydrogen) atoms. The van der Waals surface area contributed by atoms with Crippen LogP contribution in [0.2, 0.25) is 0 Å². The molecule has 0 unspecified atom stereocenters. The van der Waals surface area contributed by atoms with Crippen molar-refractivity contribution in [3.8, 4) is 0 Å². The van der Waals surface area contributed by atoms with Crippen molar-refractivity contribution >= 4 is 0 Å². The average Bonchev–Trinajstić information content (AvgIpc) is 2.61. The van der Waals surface area contributed by atoms with Crippen molar-refractivity contribution in [1.82, 2.24) is 0 Å². The Bertz CT molecular complexity index is 435. The second-order valence-electron chi connectivity index (χ2n) is 6.08. The van der Waals surface area contributed by atoms with E-state index in [1.165, 1.54) is 0 Å². The van der Waals surface area contributed by atoms with Gasteiger partial charge in [0.15, 0.2) is 6.29 Å². The van der Waals surface area contributed by atoms with Crippen molar-refractivity contribution < 1.29 is 60.2 Å². The summed E-state index contributed by atoms with van der Waals surface area (Å²) in [6.45, 7) is -2.38. The third kappa shape index (κ3) is 3.80. The molecule has 0 aromatic carbocycles. The van der Waals surface area contributed by atoms with E-state index in [0.29, 0.717) is 0 Å². The molecular formula is C13H24O12. The molecule has 2 fully saturated rings. The fourth-order valence-electron chi connectivity index (χ4n) is 2.80. The molecule has 0 amide bonds. The van der Waals surface area contributed by atoms with Gasteiger partial charge in [-0.05, 0) is 0 Å². The molecule has 10 atom stereocenters. The van der Waals surface area contributed by atoms with E-state index in [0.717, 1.165) is 0 Å². The molecule has 0 spiro atoms. The van der Waals surface area contributed by atoms with Gasteiger partial charge in [-0.15, -0.1) is 0 Å². The van der Waals surface area contributed by atoms with Gasteiger partial charge in [0.05, 0.1) is 13.2 Å². The zero-order valence-corrected chi connectivity index (χ0v) is 13.1. The monoisotopic (exact) mass is 372 g/mol. The van der Waals surface area contributed by atoms with Crippen LogP contribution in [0.15, 0.2) is 0 Å². The van der Waals surface area contributed by atoms with Gasteiger partial charge in [0.25, 0.3) is 0 Å². The van der Waals surface area contributed by atoms with Gasteiger partial charge >= 0.3 is 0 Å². The third-order valence-electron chi connectivity index (χ3n) is 4.44. The van der Waals surface area contributed by atoms with Crippen molar-refractivity contribution in [3.63, 3.8) is 0 Å². The number of aliphatic hydroxyl groups excluding tert-OH is 9. The Balaban J connectivity index is 2.10. The normalized spacial score (nSPS) is 51.5. The van der Waals surface area contributed by atoms with Gasteiger partial charge < -0.3 is 60.2 Å². The highest BCUT2D eigenvalue weighted by Gasteiger charge is 2.55. The molecule has 12 heteroatoms. The van der Waals surface area contributed by atoms with Crippen LogP contribution in [0.1, 0.15) is 0 Å². The lowest BCUT2D eigenvalue weighted by Crippen LogP contribution is -2.68. The summed E-state index contributed by atoms with van der Waals surface area (Å²) in [5.74, 6) is -2.26. The van der Waals surface area contributed by atoms with Crippen molar-refractivity contribution in [3.05, 3.63) is 0 Å². The van der Waals surface area contributed by atoms with Crippen LogP contribution in [0.25, 0.3) is 0 Å². The zero-order chi connectivity index (χ0) is 18.9. The van der Waals surface area contributed by atoms with E-state index < -0.39 is 80.7 Å². The van der Waals surface area contributed by atoms with E-state index in [9.17, 15) is 46.0 Å². The number of aliphatic hydroxyl groups is 9. The maximum atomic E-state index is 10.1. The summed E-state index contributed by atoms with van der Waals surface area (Å²) in [6, 6.07) is 0. The number of hydrogen-bond acceptors (Lipinski definition) is 12. The van der Waals surface area contributed by atoms with Gasteiger partial charge in [0.2, 0.25) is 5.79 Å². The standard InChI is InChI=1S/C13H24O12/c14-1-4-6(16)9(19)11(21)13(3-15,25-4)23-2-5-7(17)8(18)10(20)12(22)24-5/h4-12,14-22H,1-3H2/t4-,5-,6-,7-,8+,9+,10-,11-,12-,13+/m1/s1. The lowest BCUT2D eigenvalue weighted by atomic mass is 9.92. The van der Waals surface area contributed by atoms with E-state index in [-0.39, 0.29) is 0 Å². The van der Waals surface area contributed by atoms with Gasteiger partial charge in [0, 0.05) is 0 Å². The highest BCUT2D eigenvalue weighted by molar-refractivity contribution is 4.97. The summed E-state index contributed by atoms with van der Waals surface area (Å²) in [4.78, 5) is 0. The molecule has 0 saturated carbocycles. The minimum Gasteiger partial charge on any atom is -0.394 e. The Hall–Kier alpha value is -0.480. The topological polar surface area (TPSA) is 210 Å². The minimum atomic E-state index is -2.26. The van der Waals surface area contributed by atoms with Gasteiger partial charge in [-0.3, -0.25) is 0 Å². The van der Waals surface area contributed by atoms with Crippen LogP contribution in [0.5, 0.6) is 0 Å². The second-order valence-corrected chi connectivity index (χ2v) is 6.08. The molecule has 0 aromatic heterocycles. The maximum Gasteiger partial charge on any atom is 0.221 e. The maximum absolute atomic E-state index is 10.1. The van der Waals surface area contributed by atoms with E-state index in [1.54, 1.807) is 0 Å². The van der Waals surface area contributed by atoms with E-state index in [4.69, 9.17) is 14.2 Å². The molecule has 0 radical (unpaired) electrons. The van der Waals surface area contributed by atoms with Crippen LogP contribution in [-0.2, 0) is 14.2 Å². The molecule has 12 nitrogen and oxygen atoms in total. The van der Waals surface area contributed by atoms with Crippen LogP contribution in [0.3, 0.4) is 0 Å². The highest BCUT2D eigenvalue weighted by atomic mass is 16.7. The molecule has 2 aliphatic rings. The van der Waals surface area contributed by atoms with Crippen LogP contribution in [0, 0.1) is 0 Å². The van der Waals surface area contributed by atoms with Gasteiger partial charge in [-0.1, -0.05) is 0 Å². The Morgan fingerprint density at radius 3 is 1.92 bits per heavy atom. The summed E-state index contributed by atoms with van der Waals surface area (Å²) < 4.78 is 15.3. The first-order valence-electron chi connectivity index (χ1n) is 7.64. The van der Waals surface area contributed by atoms with E-state index in [1.807, 2.05) is 0 Å². The molecule has 2 heterocycles. The van der Waals surface area contributed by atoms with Gasteiger partial charge in [0.1, 0.15) is 55.4 Å². The van der Waals surface area contributed by atoms with E-state index in [2.05, 4.69) is 0 Å². The van der Waals surface area contributed by atoms with Crippen molar-refractivity contribution in [2.45, 2.75) is 60.9 Å². The molecule has 2 saturated heterocycles. The van der Waals surface area contributed by atoms with Gasteiger partial charge in [-0.25, -0.2) is 0 Å². The molecule has 148 valence electrons. The van der Waals surface area contributed by atoms with Crippen LogP contribution < -0.4 is 0 Å². The molecule has 0 bridgehead atoms. The molecular weight excluding hydrogens is 348 g/mol. The molecule has 9 N–H and O–H groups in total. The first-order valence-corrected chi connectivity index (χ1v) is 7.64. The summed E-state index contributed by atoms with van der Waals surface area (Å²) >= 11 is 0. The Kier molecular flexibility index (Phi) is 6.70. The quantitative estimate of drug-likeness (QED) is 0.221. The Labute approximate surface area is 142 Å². The number of ether oxygens (including phenoxy) is 3. The molecule has 2 rings (SSSR count). The summed E-state index contributed by atoms with van der Waals surface area (Å²) in [5, 5.41) is 86.7. The van der Waals surface area contributed by atoms with Crippen LogP contribution in [-0.4, -0.2) is 127 Å². The van der Waals surface area contributed by atoms with Gasteiger partial charge in [-0.2, -0.15) is 0 Å². The summed E-state index contributed by atoms with van der Waals surface area (Å²) in [6.07, 6.45) is -15.1. The molecule has 0 aromatic rings. The van der Waals surface area contributed by atoms with E-state index >= 15 is 0 Å². The predicted molar refractivity (Wildman–Crippen MR) is 74.6 cm³/mol. The lowest BCUT2D eigenvalue weighted by molar-refractivity contribution is -0.383. The fourth-order valence-corrected chi connectivity index (χ4v) is 2.80. The molecule has 2 aliphatic heterocycles. The summed E-state index contributed by atoms with van der Waals surface area (Å²) in [5.41, 5.74) is 0. The van der Waals surface area contributed by atoms with Crippen LogP contribution in [0.4, 0.5) is 0 Å². The second kappa shape index (κ2) is 8.04. The average molecular weight is 372 g/mol. The SMILES string of the molecule is OC[C@H]1O[C@](CO)(OC[C@H]2O[C@@H](O)[C@H](O)[C@@H](O)[C@@H]2O)[C@H](O)[C@@H](O)[C@@H]1O. The Morgan fingerprint density at radius 1 is 0.760 bits per heavy atom. The van der Waals surface area contributed by atoms with Crippen molar-refractivity contribution in [1.29, 1.82) is 0 Å². The lowest BCUT2D eigenvalue weighted by Gasteiger charge is -2.48. The Morgan fingerprint density at radius 2 is 1.36 bits per heavy atom. The minimum absolute atomic E-state index is 0.638. The zero-order valence-electron chi connectivity index (χ0n) is 13.1. The molecule has 0 aliphatic carbocycles. The fraction of sp³-hybridized carbons (Fsp3) is 1.00. The number of rotatable bonds is 5. The first-order chi connectivity index (χ1) is 11.7. The first kappa shape index (κ1) is 20.8. The number of hydrogen-bond donors (Lipinski definition) is 9. The summed E-state index contributed by atoms with van der Waals surface area (Å²) in [7, 11) is 0. The predicted octanol–water partition coefficient (Wildman–Crippen LogP) is -6.03.